The molecule has 0 radical (unpaired) electrons. The number of carboxylic acid groups (broad SMARTS) is 1. The Morgan fingerprint density at radius 1 is 1.33 bits per heavy atom. The van der Waals surface area contributed by atoms with E-state index in [-0.39, 0.29) is 11.8 Å². The molecule has 2 N–H and O–H groups in total. The molecule has 1 aromatic carbocycles. The van der Waals surface area contributed by atoms with Crippen LogP contribution in [0.1, 0.15) is 29.8 Å². The number of aliphatic carboxylic acids is 1. The van der Waals surface area contributed by atoms with Crippen LogP contribution in [-0.4, -0.2) is 23.0 Å². The Balaban J connectivity index is 2.94. The van der Waals surface area contributed by atoms with Gasteiger partial charge in [-0.15, -0.1) is 0 Å². The Morgan fingerprint density at radius 2 is 1.94 bits per heavy atom. The molecule has 0 fully saturated rings. The molecule has 98 valence electrons. The van der Waals surface area contributed by atoms with Crippen LogP contribution in [0.2, 0.25) is 0 Å². The molecule has 18 heavy (non-hydrogen) atoms. The number of amides is 1. The van der Waals surface area contributed by atoms with Gasteiger partial charge in [0.15, 0.2) is 0 Å². The van der Waals surface area contributed by atoms with E-state index in [2.05, 4.69) is 21.2 Å². The van der Waals surface area contributed by atoms with E-state index in [1.807, 2.05) is 13.0 Å². The van der Waals surface area contributed by atoms with E-state index >= 15 is 0 Å². The second-order valence-corrected chi connectivity index (χ2v) is 5.37. The highest BCUT2D eigenvalue weighted by Crippen LogP contribution is 2.18. The first-order valence-corrected chi connectivity index (χ1v) is 6.42. The predicted molar refractivity (Wildman–Crippen MR) is 72.6 cm³/mol. The third-order valence-corrected chi connectivity index (χ3v) is 3.28. The first kappa shape index (κ1) is 14.7. The topological polar surface area (TPSA) is 66.4 Å². The maximum atomic E-state index is 12.0. The second kappa shape index (κ2) is 6.00. The van der Waals surface area contributed by atoms with Gasteiger partial charge in [0.2, 0.25) is 0 Å². The zero-order valence-electron chi connectivity index (χ0n) is 10.5. The van der Waals surface area contributed by atoms with Crippen LogP contribution in [0.4, 0.5) is 0 Å². The minimum atomic E-state index is -1.03. The van der Waals surface area contributed by atoms with E-state index in [0.717, 1.165) is 5.56 Å². The third-order valence-electron chi connectivity index (χ3n) is 2.59. The summed E-state index contributed by atoms with van der Waals surface area (Å²) in [6, 6.07) is 4.48. The first-order chi connectivity index (χ1) is 8.32. The van der Waals surface area contributed by atoms with Gasteiger partial charge in [0.1, 0.15) is 6.04 Å². The second-order valence-electron chi connectivity index (χ2n) is 4.52. The zero-order chi connectivity index (χ0) is 13.9. The van der Waals surface area contributed by atoms with Crippen molar-refractivity contribution in [1.29, 1.82) is 0 Å². The Labute approximate surface area is 115 Å². The van der Waals surface area contributed by atoms with Gasteiger partial charge in [-0.3, -0.25) is 4.79 Å². The lowest BCUT2D eigenvalue weighted by Gasteiger charge is -2.18. The smallest absolute Gasteiger partial charge is 0.326 e. The zero-order valence-corrected chi connectivity index (χ0v) is 12.1. The van der Waals surface area contributed by atoms with Crippen molar-refractivity contribution in [2.75, 3.05) is 0 Å². The molecule has 0 saturated heterocycles. The van der Waals surface area contributed by atoms with Crippen LogP contribution >= 0.6 is 15.9 Å². The Morgan fingerprint density at radius 3 is 2.44 bits per heavy atom. The summed E-state index contributed by atoms with van der Waals surface area (Å²) in [5.74, 6) is -1.58. The Kier molecular flexibility index (Phi) is 4.90. The van der Waals surface area contributed by atoms with E-state index in [9.17, 15) is 9.59 Å². The van der Waals surface area contributed by atoms with Crippen LogP contribution in [0, 0.1) is 12.8 Å². The molecule has 0 saturated carbocycles. The molecule has 1 atom stereocenters. The standard InChI is InChI=1S/C13H16BrNO3/c1-7(2)11(13(17)18)15-12(16)9-6-8(3)4-5-10(9)14/h4-7,11H,1-3H3,(H,15,16)(H,17,18). The van der Waals surface area contributed by atoms with Crippen LogP contribution in [-0.2, 0) is 4.79 Å². The van der Waals surface area contributed by atoms with Gasteiger partial charge in [0.25, 0.3) is 5.91 Å². The molecule has 0 heterocycles. The molecule has 4 nitrogen and oxygen atoms in total. The van der Waals surface area contributed by atoms with E-state index < -0.39 is 12.0 Å². The molecular formula is C13H16BrNO3. The molecule has 1 rings (SSSR count). The van der Waals surface area contributed by atoms with Gasteiger partial charge in [0.05, 0.1) is 5.56 Å². The molecule has 0 bridgehead atoms. The number of carbonyl (C=O) groups is 2. The van der Waals surface area contributed by atoms with Crippen molar-refractivity contribution in [3.8, 4) is 0 Å². The van der Waals surface area contributed by atoms with E-state index in [4.69, 9.17) is 5.11 Å². The number of benzene rings is 1. The summed E-state index contributed by atoms with van der Waals surface area (Å²) in [4.78, 5) is 23.1. The molecule has 1 unspecified atom stereocenters. The Hall–Kier alpha value is -1.36. The minimum absolute atomic E-state index is 0.171. The number of aryl methyl sites for hydroxylation is 1. The highest BCUT2D eigenvalue weighted by molar-refractivity contribution is 9.10. The summed E-state index contributed by atoms with van der Waals surface area (Å²) in [7, 11) is 0. The maximum Gasteiger partial charge on any atom is 0.326 e. The number of carbonyl (C=O) groups excluding carboxylic acids is 1. The van der Waals surface area contributed by atoms with E-state index in [1.54, 1.807) is 26.0 Å². The van der Waals surface area contributed by atoms with Crippen molar-refractivity contribution >= 4 is 27.8 Å². The lowest BCUT2D eigenvalue weighted by Crippen LogP contribution is -2.44. The van der Waals surface area contributed by atoms with Gasteiger partial charge in [-0.2, -0.15) is 0 Å². The van der Waals surface area contributed by atoms with Gasteiger partial charge in [-0.1, -0.05) is 25.5 Å². The molecule has 1 aromatic rings. The van der Waals surface area contributed by atoms with Crippen LogP contribution in [0.15, 0.2) is 22.7 Å². The lowest BCUT2D eigenvalue weighted by molar-refractivity contribution is -0.140. The van der Waals surface area contributed by atoms with Gasteiger partial charge >= 0.3 is 5.97 Å². The highest BCUT2D eigenvalue weighted by atomic mass is 79.9. The lowest BCUT2D eigenvalue weighted by atomic mass is 10.0. The normalized spacial score (nSPS) is 12.3. The van der Waals surface area contributed by atoms with Crippen molar-refractivity contribution in [2.24, 2.45) is 5.92 Å². The fourth-order valence-corrected chi connectivity index (χ4v) is 1.97. The number of hydrogen-bond acceptors (Lipinski definition) is 2. The Bertz CT molecular complexity index is 471. The number of halogens is 1. The number of rotatable bonds is 4. The summed E-state index contributed by atoms with van der Waals surface area (Å²) in [6.07, 6.45) is 0. The molecule has 0 aliphatic rings. The van der Waals surface area contributed by atoms with E-state index in [0.29, 0.717) is 10.0 Å². The minimum Gasteiger partial charge on any atom is -0.480 e. The van der Waals surface area contributed by atoms with Crippen LogP contribution in [0.3, 0.4) is 0 Å². The van der Waals surface area contributed by atoms with Gasteiger partial charge in [0, 0.05) is 4.47 Å². The summed E-state index contributed by atoms with van der Waals surface area (Å²) in [6.45, 7) is 5.38. The fraction of sp³-hybridized carbons (Fsp3) is 0.385. The summed E-state index contributed by atoms with van der Waals surface area (Å²) in [5.41, 5.74) is 1.39. The third kappa shape index (κ3) is 3.57. The average Bonchev–Trinajstić information content (AvgIpc) is 2.28. The highest BCUT2D eigenvalue weighted by Gasteiger charge is 2.24. The van der Waals surface area contributed by atoms with Crippen molar-refractivity contribution < 1.29 is 14.7 Å². The number of carboxylic acids is 1. The van der Waals surface area contributed by atoms with Crippen molar-refractivity contribution in [2.45, 2.75) is 26.8 Å². The van der Waals surface area contributed by atoms with Gasteiger partial charge in [-0.05, 0) is 40.9 Å². The molecule has 0 spiro atoms. The number of hydrogen-bond donors (Lipinski definition) is 2. The molecular weight excluding hydrogens is 298 g/mol. The SMILES string of the molecule is Cc1ccc(Br)c(C(=O)NC(C(=O)O)C(C)C)c1. The van der Waals surface area contributed by atoms with E-state index in [1.165, 1.54) is 0 Å². The molecule has 0 aliphatic carbocycles. The fourth-order valence-electron chi connectivity index (χ4n) is 1.55. The van der Waals surface area contributed by atoms with Gasteiger partial charge in [-0.25, -0.2) is 4.79 Å². The van der Waals surface area contributed by atoms with Crippen LogP contribution in [0.25, 0.3) is 0 Å². The monoisotopic (exact) mass is 313 g/mol. The van der Waals surface area contributed by atoms with Crippen molar-refractivity contribution in [3.63, 3.8) is 0 Å². The van der Waals surface area contributed by atoms with Gasteiger partial charge < -0.3 is 10.4 Å². The van der Waals surface area contributed by atoms with Crippen molar-refractivity contribution in [3.05, 3.63) is 33.8 Å². The molecule has 1 amide bonds. The predicted octanol–water partition coefficient (Wildman–Crippen LogP) is 2.60. The largest absolute Gasteiger partial charge is 0.480 e. The van der Waals surface area contributed by atoms with Crippen molar-refractivity contribution in [1.82, 2.24) is 5.32 Å². The first-order valence-electron chi connectivity index (χ1n) is 5.62. The summed E-state index contributed by atoms with van der Waals surface area (Å²) >= 11 is 3.29. The molecule has 0 aliphatic heterocycles. The maximum absolute atomic E-state index is 12.0. The molecule has 5 heteroatoms. The quantitative estimate of drug-likeness (QED) is 0.898. The average molecular weight is 314 g/mol. The van der Waals surface area contributed by atoms with Crippen LogP contribution in [0.5, 0.6) is 0 Å². The summed E-state index contributed by atoms with van der Waals surface area (Å²) < 4.78 is 0.651. The number of nitrogens with one attached hydrogen (secondary N) is 1. The molecule has 0 aromatic heterocycles. The summed E-state index contributed by atoms with van der Waals surface area (Å²) in [5, 5.41) is 11.6. The van der Waals surface area contributed by atoms with Crippen LogP contribution < -0.4 is 5.32 Å².